The molecule has 2 rings (SSSR count). The summed E-state index contributed by atoms with van der Waals surface area (Å²) in [6.45, 7) is 0.469. The molecule has 0 aliphatic rings. The Labute approximate surface area is 165 Å². The van der Waals surface area contributed by atoms with Gasteiger partial charge in [-0.3, -0.25) is 0 Å². The first-order valence-electron chi connectivity index (χ1n) is 7.77. The van der Waals surface area contributed by atoms with Gasteiger partial charge >= 0.3 is 6.03 Å². The van der Waals surface area contributed by atoms with Crippen molar-refractivity contribution in [3.05, 3.63) is 45.4 Å². The van der Waals surface area contributed by atoms with Crippen LogP contribution in [0.15, 0.2) is 34.8 Å². The second-order valence-electron chi connectivity index (χ2n) is 5.29. The van der Waals surface area contributed by atoms with Crippen molar-refractivity contribution in [1.82, 2.24) is 5.32 Å². The van der Waals surface area contributed by atoms with Gasteiger partial charge in [-0.1, -0.05) is 17.7 Å². The van der Waals surface area contributed by atoms with Gasteiger partial charge in [0.25, 0.3) is 0 Å². The van der Waals surface area contributed by atoms with Gasteiger partial charge in [-0.15, -0.1) is 0 Å². The molecule has 8 heteroatoms. The van der Waals surface area contributed by atoms with E-state index in [1.165, 1.54) is 14.2 Å². The highest BCUT2D eigenvalue weighted by atomic mass is 79.9. The van der Waals surface area contributed by atoms with Crippen molar-refractivity contribution in [2.75, 3.05) is 33.2 Å². The van der Waals surface area contributed by atoms with Crippen LogP contribution in [0.25, 0.3) is 0 Å². The molecule has 0 aliphatic carbocycles. The third kappa shape index (κ3) is 5.19. The van der Waals surface area contributed by atoms with Crippen LogP contribution in [-0.2, 0) is 6.42 Å². The second-order valence-corrected chi connectivity index (χ2v) is 6.55. The molecule has 0 spiro atoms. The van der Waals surface area contributed by atoms with E-state index in [1.807, 2.05) is 18.2 Å². The first-order valence-corrected chi connectivity index (χ1v) is 8.94. The molecule has 0 bridgehead atoms. The van der Waals surface area contributed by atoms with E-state index in [0.717, 1.165) is 15.8 Å². The Kier molecular flexibility index (Phi) is 7.41. The Morgan fingerprint density at radius 2 is 1.73 bits per heavy atom. The molecule has 2 N–H and O–H groups in total. The van der Waals surface area contributed by atoms with Crippen LogP contribution < -0.4 is 24.8 Å². The number of amides is 2. The number of urea groups is 1. The number of rotatable bonds is 7. The van der Waals surface area contributed by atoms with Crippen LogP contribution in [0.2, 0.25) is 5.02 Å². The van der Waals surface area contributed by atoms with Crippen LogP contribution in [0.5, 0.6) is 17.2 Å². The van der Waals surface area contributed by atoms with E-state index in [-0.39, 0.29) is 6.03 Å². The minimum atomic E-state index is -0.350. The maximum Gasteiger partial charge on any atom is 0.319 e. The molecule has 0 aliphatic heterocycles. The summed E-state index contributed by atoms with van der Waals surface area (Å²) in [5, 5.41) is 5.91. The topological polar surface area (TPSA) is 68.8 Å². The van der Waals surface area contributed by atoms with Crippen molar-refractivity contribution >= 4 is 39.2 Å². The van der Waals surface area contributed by atoms with Gasteiger partial charge in [0.15, 0.2) is 0 Å². The Hall–Kier alpha value is -2.12. The van der Waals surface area contributed by atoms with Crippen molar-refractivity contribution in [1.29, 1.82) is 0 Å². The smallest absolute Gasteiger partial charge is 0.319 e. The maximum atomic E-state index is 12.1. The van der Waals surface area contributed by atoms with E-state index >= 15 is 0 Å². The predicted octanol–water partition coefficient (Wildman–Crippen LogP) is 4.49. The van der Waals surface area contributed by atoms with Gasteiger partial charge in [0.2, 0.25) is 0 Å². The molecule has 2 amide bonds. The third-order valence-corrected chi connectivity index (χ3v) is 4.55. The lowest BCUT2D eigenvalue weighted by Crippen LogP contribution is -2.30. The average Bonchev–Trinajstić information content (AvgIpc) is 2.62. The molecule has 0 unspecified atom stereocenters. The largest absolute Gasteiger partial charge is 0.496 e. The summed E-state index contributed by atoms with van der Waals surface area (Å²) >= 11 is 9.54. The average molecular weight is 444 g/mol. The van der Waals surface area contributed by atoms with Crippen molar-refractivity contribution in [2.45, 2.75) is 6.42 Å². The van der Waals surface area contributed by atoms with Gasteiger partial charge < -0.3 is 24.8 Å². The highest BCUT2D eigenvalue weighted by Crippen LogP contribution is 2.35. The van der Waals surface area contributed by atoms with Crippen LogP contribution in [0.4, 0.5) is 10.5 Å². The summed E-state index contributed by atoms with van der Waals surface area (Å²) in [6.07, 6.45) is 0.677. The van der Waals surface area contributed by atoms with E-state index < -0.39 is 0 Å². The number of anilines is 1. The van der Waals surface area contributed by atoms with Crippen LogP contribution in [0, 0.1) is 0 Å². The van der Waals surface area contributed by atoms with E-state index in [0.29, 0.717) is 35.2 Å². The van der Waals surface area contributed by atoms with E-state index in [4.69, 9.17) is 25.8 Å². The van der Waals surface area contributed by atoms with Gasteiger partial charge in [-0.05, 0) is 46.1 Å². The number of hydrogen-bond donors (Lipinski definition) is 2. The standard InChI is InChI=1S/C18H20BrClN2O4/c1-24-15-5-4-11(8-12(15)19)6-7-21-18(23)22-14-9-13(20)16(25-2)10-17(14)26-3/h4-5,8-10H,6-7H2,1-3H3,(H2,21,22,23). The molecule has 0 radical (unpaired) electrons. The maximum absolute atomic E-state index is 12.1. The zero-order valence-corrected chi connectivity index (χ0v) is 17.0. The van der Waals surface area contributed by atoms with Crippen LogP contribution in [0.1, 0.15) is 5.56 Å². The normalized spacial score (nSPS) is 10.2. The molecule has 26 heavy (non-hydrogen) atoms. The lowest BCUT2D eigenvalue weighted by Gasteiger charge is -2.14. The van der Waals surface area contributed by atoms with Crippen LogP contribution in [0.3, 0.4) is 0 Å². The molecular weight excluding hydrogens is 424 g/mol. The highest BCUT2D eigenvalue weighted by molar-refractivity contribution is 9.10. The Morgan fingerprint density at radius 1 is 1.04 bits per heavy atom. The highest BCUT2D eigenvalue weighted by Gasteiger charge is 2.12. The Morgan fingerprint density at radius 3 is 2.35 bits per heavy atom. The molecule has 0 saturated heterocycles. The van der Waals surface area contributed by atoms with Crippen molar-refractivity contribution < 1.29 is 19.0 Å². The molecule has 0 aromatic heterocycles. The number of benzene rings is 2. The van der Waals surface area contributed by atoms with E-state index in [9.17, 15) is 4.79 Å². The van der Waals surface area contributed by atoms with Crippen molar-refractivity contribution in [3.8, 4) is 17.2 Å². The molecule has 0 saturated carbocycles. The van der Waals surface area contributed by atoms with Gasteiger partial charge in [-0.2, -0.15) is 0 Å². The fourth-order valence-corrected chi connectivity index (χ4v) is 3.14. The van der Waals surface area contributed by atoms with Gasteiger partial charge in [-0.25, -0.2) is 4.79 Å². The predicted molar refractivity (Wildman–Crippen MR) is 106 cm³/mol. The summed E-state index contributed by atoms with van der Waals surface area (Å²) in [5.41, 5.74) is 1.53. The van der Waals surface area contributed by atoms with Crippen molar-refractivity contribution in [3.63, 3.8) is 0 Å². The van der Waals surface area contributed by atoms with E-state index in [2.05, 4.69) is 26.6 Å². The Bertz CT molecular complexity index is 786. The van der Waals surface area contributed by atoms with Gasteiger partial charge in [0.05, 0.1) is 36.5 Å². The monoisotopic (exact) mass is 442 g/mol. The molecule has 2 aromatic rings. The molecule has 0 fully saturated rings. The molecular formula is C18H20BrClN2O4. The number of nitrogens with one attached hydrogen (secondary N) is 2. The van der Waals surface area contributed by atoms with Gasteiger partial charge in [0, 0.05) is 12.6 Å². The first kappa shape index (κ1) is 20.2. The number of ether oxygens (including phenoxy) is 3. The Balaban J connectivity index is 1.93. The zero-order valence-electron chi connectivity index (χ0n) is 14.7. The quantitative estimate of drug-likeness (QED) is 0.661. The molecule has 0 atom stereocenters. The summed E-state index contributed by atoms with van der Waals surface area (Å²) in [7, 11) is 4.64. The SMILES string of the molecule is COc1cc(OC)c(NC(=O)NCCc2ccc(OC)c(Br)c2)cc1Cl. The summed E-state index contributed by atoms with van der Waals surface area (Å²) < 4.78 is 16.5. The lowest BCUT2D eigenvalue weighted by atomic mass is 10.1. The molecule has 2 aromatic carbocycles. The fraction of sp³-hybridized carbons (Fsp3) is 0.278. The lowest BCUT2D eigenvalue weighted by molar-refractivity contribution is 0.252. The van der Waals surface area contributed by atoms with Crippen molar-refractivity contribution in [2.24, 2.45) is 0 Å². The summed E-state index contributed by atoms with van der Waals surface area (Å²) in [5.74, 6) is 1.70. The fourth-order valence-electron chi connectivity index (χ4n) is 2.31. The van der Waals surface area contributed by atoms with Crippen LogP contribution in [-0.4, -0.2) is 33.9 Å². The second kappa shape index (κ2) is 9.54. The molecule has 140 valence electrons. The molecule has 6 nitrogen and oxygen atoms in total. The summed E-state index contributed by atoms with van der Waals surface area (Å²) in [6, 6.07) is 8.65. The number of hydrogen-bond acceptors (Lipinski definition) is 4. The number of carbonyl (C=O) groups excluding carboxylic acids is 1. The van der Waals surface area contributed by atoms with Crippen LogP contribution >= 0.6 is 27.5 Å². The minimum absolute atomic E-state index is 0.350. The minimum Gasteiger partial charge on any atom is -0.496 e. The summed E-state index contributed by atoms with van der Waals surface area (Å²) in [4.78, 5) is 12.1. The number of methoxy groups -OCH3 is 3. The van der Waals surface area contributed by atoms with Gasteiger partial charge in [0.1, 0.15) is 17.2 Å². The number of halogens is 2. The zero-order chi connectivity index (χ0) is 19.1. The number of carbonyl (C=O) groups is 1. The first-order chi connectivity index (χ1) is 12.5. The van der Waals surface area contributed by atoms with E-state index in [1.54, 1.807) is 19.2 Å². The third-order valence-electron chi connectivity index (χ3n) is 3.64. The molecule has 0 heterocycles.